The van der Waals surface area contributed by atoms with E-state index in [0.717, 1.165) is 18.2 Å². The van der Waals surface area contributed by atoms with E-state index in [9.17, 15) is 23.7 Å². The molecule has 7 heteroatoms. The van der Waals surface area contributed by atoms with Crippen LogP contribution in [0.5, 0.6) is 0 Å². The standard InChI is InChI=1S/C13H7F2NO4/c14-10-4-2-1-3-8(10)7-5-9(13(17)18)12(15)11(6-7)16(19)20/h1-6H,(H,17,18). The first kappa shape index (κ1) is 13.6. The highest BCUT2D eigenvalue weighted by Gasteiger charge is 2.24. The van der Waals surface area contributed by atoms with Gasteiger partial charge in [0.15, 0.2) is 0 Å². The van der Waals surface area contributed by atoms with E-state index in [-0.39, 0.29) is 11.1 Å². The van der Waals surface area contributed by atoms with Gasteiger partial charge in [0.25, 0.3) is 0 Å². The fraction of sp³-hybridized carbons (Fsp3) is 0. The van der Waals surface area contributed by atoms with Crippen LogP contribution in [0.3, 0.4) is 0 Å². The highest BCUT2D eigenvalue weighted by Crippen LogP contribution is 2.30. The van der Waals surface area contributed by atoms with Gasteiger partial charge in [0.2, 0.25) is 5.82 Å². The van der Waals surface area contributed by atoms with Gasteiger partial charge < -0.3 is 5.11 Å². The van der Waals surface area contributed by atoms with Crippen molar-refractivity contribution in [3.63, 3.8) is 0 Å². The topological polar surface area (TPSA) is 80.4 Å². The van der Waals surface area contributed by atoms with Crippen LogP contribution in [0.25, 0.3) is 11.1 Å². The third-order valence-corrected chi connectivity index (χ3v) is 2.67. The molecule has 2 aromatic rings. The molecule has 0 aliphatic heterocycles. The Labute approximate surface area is 111 Å². The molecule has 0 atom stereocenters. The number of nitrogens with zero attached hydrogens (tertiary/aromatic N) is 1. The fourth-order valence-corrected chi connectivity index (χ4v) is 1.75. The number of hydrogen-bond donors (Lipinski definition) is 1. The van der Waals surface area contributed by atoms with Crippen molar-refractivity contribution in [3.05, 3.63) is 63.7 Å². The Balaban J connectivity index is 2.75. The van der Waals surface area contributed by atoms with E-state index >= 15 is 0 Å². The molecule has 2 aromatic carbocycles. The van der Waals surface area contributed by atoms with Crippen molar-refractivity contribution in [2.24, 2.45) is 0 Å². The first-order chi connectivity index (χ1) is 9.41. The number of hydrogen-bond acceptors (Lipinski definition) is 3. The lowest BCUT2D eigenvalue weighted by atomic mass is 10.0. The van der Waals surface area contributed by atoms with Crippen molar-refractivity contribution < 1.29 is 23.6 Å². The third kappa shape index (κ3) is 2.33. The number of halogens is 2. The van der Waals surface area contributed by atoms with Gasteiger partial charge in [0.05, 0.1) is 4.92 Å². The molecule has 0 saturated carbocycles. The molecule has 102 valence electrons. The molecule has 0 spiro atoms. The molecular weight excluding hydrogens is 272 g/mol. The molecule has 20 heavy (non-hydrogen) atoms. The van der Waals surface area contributed by atoms with Crippen molar-refractivity contribution in [2.45, 2.75) is 0 Å². The Morgan fingerprint density at radius 1 is 1.20 bits per heavy atom. The van der Waals surface area contributed by atoms with Gasteiger partial charge in [0, 0.05) is 11.6 Å². The molecule has 1 N–H and O–H groups in total. The minimum absolute atomic E-state index is 0.0434. The van der Waals surface area contributed by atoms with Crippen LogP contribution in [-0.4, -0.2) is 16.0 Å². The predicted molar refractivity (Wildman–Crippen MR) is 65.4 cm³/mol. The third-order valence-electron chi connectivity index (χ3n) is 2.67. The second kappa shape index (κ2) is 5.04. The smallest absolute Gasteiger partial charge is 0.338 e. The van der Waals surface area contributed by atoms with Crippen LogP contribution in [0, 0.1) is 21.7 Å². The van der Waals surface area contributed by atoms with E-state index in [0.29, 0.717) is 0 Å². The molecule has 0 aromatic heterocycles. The molecule has 0 fully saturated rings. The number of carboxylic acids is 1. The van der Waals surface area contributed by atoms with Gasteiger partial charge in [-0.05, 0) is 17.7 Å². The molecule has 0 amide bonds. The molecule has 0 unspecified atom stereocenters. The average molecular weight is 279 g/mol. The summed E-state index contributed by atoms with van der Waals surface area (Å²) in [5, 5.41) is 19.6. The molecule has 0 aliphatic rings. The molecule has 0 radical (unpaired) electrons. The summed E-state index contributed by atoms with van der Waals surface area (Å²) in [4.78, 5) is 20.6. The van der Waals surface area contributed by atoms with Crippen LogP contribution in [-0.2, 0) is 0 Å². The average Bonchev–Trinajstić information content (AvgIpc) is 2.39. The summed E-state index contributed by atoms with van der Waals surface area (Å²) in [7, 11) is 0. The van der Waals surface area contributed by atoms with Gasteiger partial charge in [-0.1, -0.05) is 18.2 Å². The number of nitro groups is 1. The summed E-state index contributed by atoms with van der Waals surface area (Å²) < 4.78 is 27.3. The Kier molecular flexibility index (Phi) is 3.43. The van der Waals surface area contributed by atoms with Crippen molar-refractivity contribution in [1.29, 1.82) is 0 Å². The summed E-state index contributed by atoms with van der Waals surface area (Å²) in [5.74, 6) is -3.81. The number of carbonyl (C=O) groups is 1. The van der Waals surface area contributed by atoms with Crippen LogP contribution in [0.1, 0.15) is 10.4 Å². The number of benzene rings is 2. The van der Waals surface area contributed by atoms with Crippen LogP contribution >= 0.6 is 0 Å². The lowest BCUT2D eigenvalue weighted by Gasteiger charge is -2.06. The first-order valence-electron chi connectivity index (χ1n) is 5.38. The zero-order valence-corrected chi connectivity index (χ0v) is 9.84. The highest BCUT2D eigenvalue weighted by molar-refractivity contribution is 5.91. The summed E-state index contributed by atoms with van der Waals surface area (Å²) in [6.45, 7) is 0. The van der Waals surface area contributed by atoms with Gasteiger partial charge in [-0.15, -0.1) is 0 Å². The Morgan fingerprint density at radius 3 is 2.40 bits per heavy atom. The van der Waals surface area contributed by atoms with Crippen LogP contribution < -0.4 is 0 Å². The first-order valence-corrected chi connectivity index (χ1v) is 5.38. The molecule has 2 rings (SSSR count). The second-order valence-corrected chi connectivity index (χ2v) is 3.90. The van der Waals surface area contributed by atoms with Crippen LogP contribution in [0.4, 0.5) is 14.5 Å². The molecule has 0 saturated heterocycles. The molecule has 5 nitrogen and oxygen atoms in total. The molecular formula is C13H7F2NO4. The number of aromatic carboxylic acids is 1. The van der Waals surface area contributed by atoms with E-state index in [2.05, 4.69) is 0 Å². The van der Waals surface area contributed by atoms with Crippen LogP contribution in [0.2, 0.25) is 0 Å². The summed E-state index contributed by atoms with van der Waals surface area (Å²) in [5.41, 5.74) is -2.01. The Hall–Kier alpha value is -2.83. The van der Waals surface area contributed by atoms with E-state index in [4.69, 9.17) is 5.11 Å². The minimum Gasteiger partial charge on any atom is -0.478 e. The summed E-state index contributed by atoms with van der Waals surface area (Å²) in [6, 6.07) is 7.00. The van der Waals surface area contributed by atoms with Gasteiger partial charge in [-0.25, -0.2) is 9.18 Å². The van der Waals surface area contributed by atoms with E-state index in [1.165, 1.54) is 18.2 Å². The lowest BCUT2D eigenvalue weighted by molar-refractivity contribution is -0.387. The molecule has 0 heterocycles. The maximum Gasteiger partial charge on any atom is 0.338 e. The van der Waals surface area contributed by atoms with Gasteiger partial charge in [-0.2, -0.15) is 4.39 Å². The maximum absolute atomic E-state index is 13.7. The SMILES string of the molecule is O=C(O)c1cc(-c2ccccc2F)cc([N+](=O)[O-])c1F. The van der Waals surface area contributed by atoms with Crippen molar-refractivity contribution in [2.75, 3.05) is 0 Å². The highest BCUT2D eigenvalue weighted by atomic mass is 19.1. The summed E-state index contributed by atoms with van der Waals surface area (Å²) in [6.07, 6.45) is 0. The normalized spacial score (nSPS) is 10.3. The van der Waals surface area contributed by atoms with Gasteiger partial charge in [-0.3, -0.25) is 10.1 Å². The van der Waals surface area contributed by atoms with Crippen molar-refractivity contribution in [1.82, 2.24) is 0 Å². The zero-order valence-electron chi connectivity index (χ0n) is 9.84. The quantitative estimate of drug-likeness (QED) is 0.690. The van der Waals surface area contributed by atoms with E-state index in [1.807, 2.05) is 0 Å². The fourth-order valence-electron chi connectivity index (χ4n) is 1.75. The van der Waals surface area contributed by atoms with Gasteiger partial charge in [0.1, 0.15) is 11.4 Å². The van der Waals surface area contributed by atoms with Crippen LogP contribution in [0.15, 0.2) is 36.4 Å². The zero-order chi connectivity index (χ0) is 14.9. The Morgan fingerprint density at radius 2 is 1.85 bits per heavy atom. The number of carboxylic acid groups (broad SMARTS) is 1. The molecule has 0 aliphatic carbocycles. The monoisotopic (exact) mass is 279 g/mol. The number of rotatable bonds is 3. The number of nitro benzene ring substituents is 1. The molecule has 0 bridgehead atoms. The maximum atomic E-state index is 13.7. The van der Waals surface area contributed by atoms with E-state index in [1.54, 1.807) is 0 Å². The van der Waals surface area contributed by atoms with E-state index < -0.39 is 33.8 Å². The minimum atomic E-state index is -1.66. The van der Waals surface area contributed by atoms with Crippen molar-refractivity contribution >= 4 is 11.7 Å². The Bertz CT molecular complexity index is 680. The largest absolute Gasteiger partial charge is 0.478 e. The summed E-state index contributed by atoms with van der Waals surface area (Å²) >= 11 is 0. The lowest BCUT2D eigenvalue weighted by Crippen LogP contribution is -2.05. The van der Waals surface area contributed by atoms with Crippen molar-refractivity contribution in [3.8, 4) is 11.1 Å². The van der Waals surface area contributed by atoms with Gasteiger partial charge >= 0.3 is 11.7 Å². The predicted octanol–water partition coefficient (Wildman–Crippen LogP) is 3.24. The second-order valence-electron chi connectivity index (χ2n) is 3.90.